The number of nitrogens with zero attached hydrogens (tertiary/aromatic N) is 1. The van der Waals surface area contributed by atoms with Crippen LogP contribution in [0.4, 0.5) is 5.69 Å². The summed E-state index contributed by atoms with van der Waals surface area (Å²) in [5, 5.41) is 11.7. The molecule has 18 heavy (non-hydrogen) atoms. The standard InChI is InChI=1S/C14H18N2O2/c1-3-6-11(9-15)14(17)16-13-8-5-4-7-12(13)10-18-2/h4-5,7-8,11H,3,6,10H2,1-2H3,(H,16,17). The molecule has 0 saturated carbocycles. The Morgan fingerprint density at radius 3 is 2.83 bits per heavy atom. The molecule has 0 aliphatic heterocycles. The third-order valence-corrected chi connectivity index (χ3v) is 2.62. The van der Waals surface area contributed by atoms with Crippen molar-refractivity contribution in [2.24, 2.45) is 5.92 Å². The Balaban J connectivity index is 2.78. The number of carbonyl (C=O) groups excluding carboxylic acids is 1. The smallest absolute Gasteiger partial charge is 0.241 e. The summed E-state index contributed by atoms with van der Waals surface area (Å²) in [5.74, 6) is -0.839. The van der Waals surface area contributed by atoms with Gasteiger partial charge in [-0.15, -0.1) is 0 Å². The molecule has 0 aliphatic rings. The summed E-state index contributed by atoms with van der Waals surface area (Å²) in [5.41, 5.74) is 1.61. The minimum absolute atomic E-state index is 0.247. The molecule has 0 aliphatic carbocycles. The zero-order valence-corrected chi connectivity index (χ0v) is 10.8. The summed E-state index contributed by atoms with van der Waals surface area (Å²) in [6, 6.07) is 9.46. The first-order valence-corrected chi connectivity index (χ1v) is 6.00. The molecular formula is C14H18N2O2. The van der Waals surface area contributed by atoms with Crippen LogP contribution in [0.5, 0.6) is 0 Å². The number of amides is 1. The molecule has 0 spiro atoms. The fourth-order valence-electron chi connectivity index (χ4n) is 1.69. The highest BCUT2D eigenvalue weighted by Gasteiger charge is 2.17. The van der Waals surface area contributed by atoms with Crippen molar-refractivity contribution in [2.45, 2.75) is 26.4 Å². The first-order chi connectivity index (χ1) is 8.72. The Labute approximate surface area is 108 Å². The van der Waals surface area contributed by atoms with E-state index in [0.29, 0.717) is 18.7 Å². The van der Waals surface area contributed by atoms with Crippen molar-refractivity contribution in [1.82, 2.24) is 0 Å². The van der Waals surface area contributed by atoms with Gasteiger partial charge in [-0.2, -0.15) is 5.26 Å². The van der Waals surface area contributed by atoms with E-state index in [0.717, 1.165) is 12.0 Å². The number of anilines is 1. The van der Waals surface area contributed by atoms with Gasteiger partial charge in [-0.05, 0) is 12.5 Å². The van der Waals surface area contributed by atoms with Crippen molar-refractivity contribution in [3.63, 3.8) is 0 Å². The van der Waals surface area contributed by atoms with Crippen LogP contribution >= 0.6 is 0 Å². The normalized spacial score (nSPS) is 11.6. The zero-order chi connectivity index (χ0) is 13.4. The molecule has 1 atom stereocenters. The van der Waals surface area contributed by atoms with Gasteiger partial charge >= 0.3 is 0 Å². The van der Waals surface area contributed by atoms with E-state index >= 15 is 0 Å². The van der Waals surface area contributed by atoms with Gasteiger partial charge in [-0.1, -0.05) is 31.5 Å². The second kappa shape index (κ2) is 7.46. The summed E-state index contributed by atoms with van der Waals surface area (Å²) in [4.78, 5) is 11.9. The Morgan fingerprint density at radius 2 is 2.22 bits per heavy atom. The lowest BCUT2D eigenvalue weighted by molar-refractivity contribution is -0.118. The molecule has 1 amide bonds. The highest BCUT2D eigenvalue weighted by Crippen LogP contribution is 2.17. The third-order valence-electron chi connectivity index (χ3n) is 2.62. The maximum absolute atomic E-state index is 11.9. The minimum atomic E-state index is -0.592. The van der Waals surface area contributed by atoms with Gasteiger partial charge in [0.15, 0.2) is 0 Å². The monoisotopic (exact) mass is 246 g/mol. The van der Waals surface area contributed by atoms with Crippen LogP contribution in [-0.4, -0.2) is 13.0 Å². The van der Waals surface area contributed by atoms with Crippen LogP contribution < -0.4 is 5.32 Å². The van der Waals surface area contributed by atoms with Gasteiger partial charge in [0.1, 0.15) is 5.92 Å². The van der Waals surface area contributed by atoms with Crippen LogP contribution in [0.3, 0.4) is 0 Å². The summed E-state index contributed by atoms with van der Waals surface area (Å²) in [6.45, 7) is 2.39. The van der Waals surface area contributed by atoms with Crippen LogP contribution in [0.1, 0.15) is 25.3 Å². The van der Waals surface area contributed by atoms with Crippen molar-refractivity contribution in [1.29, 1.82) is 5.26 Å². The second-order valence-electron chi connectivity index (χ2n) is 4.05. The Kier molecular flexibility index (Phi) is 5.89. The van der Waals surface area contributed by atoms with Gasteiger partial charge in [0, 0.05) is 18.4 Å². The molecule has 1 aromatic rings. The van der Waals surface area contributed by atoms with Gasteiger partial charge in [0.05, 0.1) is 12.7 Å². The molecule has 0 bridgehead atoms. The average Bonchev–Trinajstić information content (AvgIpc) is 2.38. The highest BCUT2D eigenvalue weighted by molar-refractivity contribution is 5.94. The lowest BCUT2D eigenvalue weighted by Crippen LogP contribution is -2.22. The second-order valence-corrected chi connectivity index (χ2v) is 4.05. The highest BCUT2D eigenvalue weighted by atomic mass is 16.5. The number of nitrogens with one attached hydrogen (secondary N) is 1. The maximum Gasteiger partial charge on any atom is 0.241 e. The van der Waals surface area contributed by atoms with Gasteiger partial charge in [-0.3, -0.25) is 4.79 Å². The molecule has 0 aromatic heterocycles. The Hall–Kier alpha value is -1.86. The number of hydrogen-bond acceptors (Lipinski definition) is 3. The molecule has 0 radical (unpaired) electrons. The fourth-order valence-corrected chi connectivity index (χ4v) is 1.69. The van der Waals surface area contributed by atoms with E-state index < -0.39 is 5.92 Å². The molecule has 96 valence electrons. The van der Waals surface area contributed by atoms with E-state index in [1.807, 2.05) is 37.3 Å². The molecule has 1 rings (SSSR count). The number of nitriles is 1. The van der Waals surface area contributed by atoms with Gasteiger partial charge in [0.25, 0.3) is 0 Å². The van der Waals surface area contributed by atoms with Crippen molar-refractivity contribution in [3.05, 3.63) is 29.8 Å². The summed E-state index contributed by atoms with van der Waals surface area (Å²) in [7, 11) is 1.60. The Morgan fingerprint density at radius 1 is 1.50 bits per heavy atom. The van der Waals surface area contributed by atoms with Crippen LogP contribution in [0.15, 0.2) is 24.3 Å². The predicted molar refractivity (Wildman–Crippen MR) is 69.8 cm³/mol. The largest absolute Gasteiger partial charge is 0.380 e. The average molecular weight is 246 g/mol. The fraction of sp³-hybridized carbons (Fsp3) is 0.429. The SMILES string of the molecule is CCCC(C#N)C(=O)Nc1ccccc1COC. The lowest BCUT2D eigenvalue weighted by atomic mass is 10.0. The quantitative estimate of drug-likeness (QED) is 0.839. The number of ether oxygens (including phenoxy) is 1. The van der Waals surface area contributed by atoms with Crippen LogP contribution in [-0.2, 0) is 16.1 Å². The molecule has 1 aromatic carbocycles. The van der Waals surface area contributed by atoms with E-state index in [9.17, 15) is 4.79 Å². The number of methoxy groups -OCH3 is 1. The van der Waals surface area contributed by atoms with E-state index in [2.05, 4.69) is 5.32 Å². The first kappa shape index (κ1) is 14.2. The van der Waals surface area contributed by atoms with Gasteiger partial charge in [0.2, 0.25) is 5.91 Å². The van der Waals surface area contributed by atoms with Crippen LogP contribution in [0.2, 0.25) is 0 Å². The first-order valence-electron chi connectivity index (χ1n) is 6.00. The predicted octanol–water partition coefficient (Wildman–Crippen LogP) is 2.71. The topological polar surface area (TPSA) is 62.1 Å². The molecule has 0 fully saturated rings. The number of hydrogen-bond donors (Lipinski definition) is 1. The zero-order valence-electron chi connectivity index (χ0n) is 10.8. The maximum atomic E-state index is 11.9. The Bertz CT molecular complexity index is 438. The van der Waals surface area contributed by atoms with Gasteiger partial charge in [-0.25, -0.2) is 0 Å². The summed E-state index contributed by atoms with van der Waals surface area (Å²) < 4.78 is 5.07. The molecule has 0 heterocycles. The van der Waals surface area contributed by atoms with E-state index in [1.54, 1.807) is 7.11 Å². The molecular weight excluding hydrogens is 228 g/mol. The van der Waals surface area contributed by atoms with Crippen molar-refractivity contribution >= 4 is 11.6 Å². The third kappa shape index (κ3) is 3.86. The summed E-state index contributed by atoms with van der Waals surface area (Å²) >= 11 is 0. The summed E-state index contributed by atoms with van der Waals surface area (Å²) in [6.07, 6.45) is 1.39. The van der Waals surface area contributed by atoms with E-state index in [4.69, 9.17) is 10.00 Å². The van der Waals surface area contributed by atoms with Crippen molar-refractivity contribution in [3.8, 4) is 6.07 Å². The number of benzene rings is 1. The number of rotatable bonds is 6. The van der Waals surface area contributed by atoms with Gasteiger partial charge < -0.3 is 10.1 Å². The van der Waals surface area contributed by atoms with Crippen LogP contribution in [0.25, 0.3) is 0 Å². The molecule has 1 N–H and O–H groups in total. The number of carbonyl (C=O) groups is 1. The van der Waals surface area contributed by atoms with E-state index in [-0.39, 0.29) is 5.91 Å². The number of para-hydroxylation sites is 1. The van der Waals surface area contributed by atoms with Crippen molar-refractivity contribution in [2.75, 3.05) is 12.4 Å². The minimum Gasteiger partial charge on any atom is -0.380 e. The van der Waals surface area contributed by atoms with Crippen molar-refractivity contribution < 1.29 is 9.53 Å². The molecule has 4 nitrogen and oxygen atoms in total. The van der Waals surface area contributed by atoms with Crippen LogP contribution in [0, 0.1) is 17.2 Å². The van der Waals surface area contributed by atoms with E-state index in [1.165, 1.54) is 0 Å². The molecule has 0 saturated heterocycles. The lowest BCUT2D eigenvalue weighted by Gasteiger charge is -2.12. The molecule has 1 unspecified atom stereocenters. The molecule has 4 heteroatoms.